The number of likely N-dealkylation sites (N-methyl/N-ethyl adjacent to an activating group) is 1. The number of methoxy groups -OCH3 is 1. The molecule has 18 heavy (non-hydrogen) atoms. The molecular weight excluding hydrogens is 228 g/mol. The highest BCUT2D eigenvalue weighted by atomic mass is 16.5. The number of hydrogen-bond acceptors (Lipinski definition) is 4. The molecule has 2 rings (SSSR count). The fraction of sp³-hybridized carbons (Fsp3) is 0.500. The van der Waals surface area contributed by atoms with Crippen molar-refractivity contribution in [3.05, 3.63) is 24.0 Å². The van der Waals surface area contributed by atoms with Gasteiger partial charge in [-0.25, -0.2) is 0 Å². The van der Waals surface area contributed by atoms with Crippen molar-refractivity contribution in [2.75, 3.05) is 27.7 Å². The highest BCUT2D eigenvalue weighted by Crippen LogP contribution is 2.28. The average Bonchev–Trinajstić information content (AvgIpc) is 2.82. The first kappa shape index (κ1) is 14.5. The molecule has 0 radical (unpaired) electrons. The van der Waals surface area contributed by atoms with Crippen LogP contribution < -0.4 is 4.74 Å². The molecule has 1 heterocycles. The Morgan fingerprint density at radius 3 is 2.61 bits per heavy atom. The molecule has 0 aliphatic rings. The Hall–Kier alpha value is -1.55. The van der Waals surface area contributed by atoms with Gasteiger partial charge < -0.3 is 14.2 Å². The second kappa shape index (κ2) is 7.01. The van der Waals surface area contributed by atoms with E-state index >= 15 is 0 Å². The van der Waals surface area contributed by atoms with E-state index in [0.29, 0.717) is 0 Å². The maximum absolute atomic E-state index is 5.35. The molecule has 0 spiro atoms. The van der Waals surface area contributed by atoms with Crippen molar-refractivity contribution >= 4 is 10.9 Å². The first-order valence-electron chi connectivity index (χ1n) is 6.28. The summed E-state index contributed by atoms with van der Waals surface area (Å²) < 4.78 is 10.7. The highest BCUT2D eigenvalue weighted by Gasteiger charge is 2.12. The third-order valence-electron chi connectivity index (χ3n) is 2.54. The molecule has 0 fully saturated rings. The summed E-state index contributed by atoms with van der Waals surface area (Å²) in [5, 5.41) is 5.02. The molecule has 0 saturated carbocycles. The summed E-state index contributed by atoms with van der Waals surface area (Å²) in [6, 6.07) is 5.78. The van der Waals surface area contributed by atoms with Crippen molar-refractivity contribution in [1.82, 2.24) is 10.1 Å². The standard InChI is InChI=1S/C12H16N2O2.C2H6/c1-14(2)8-7-11-12-9(13-16-11)5-4-6-10(12)15-3;1-2/h4-6H,7-8H2,1-3H3;1-2H3. The summed E-state index contributed by atoms with van der Waals surface area (Å²) in [4.78, 5) is 2.11. The minimum absolute atomic E-state index is 0.826. The molecule has 1 aromatic heterocycles. The molecule has 100 valence electrons. The van der Waals surface area contributed by atoms with Crippen LogP contribution in [0.5, 0.6) is 5.75 Å². The molecule has 0 aliphatic carbocycles. The van der Waals surface area contributed by atoms with E-state index in [2.05, 4.69) is 10.1 Å². The smallest absolute Gasteiger partial charge is 0.149 e. The van der Waals surface area contributed by atoms with Crippen LogP contribution >= 0.6 is 0 Å². The average molecular weight is 250 g/mol. The Balaban J connectivity index is 0.000000771. The number of nitrogens with zero attached hydrogens (tertiary/aromatic N) is 2. The number of hydrogen-bond donors (Lipinski definition) is 0. The Labute approximate surface area is 109 Å². The van der Waals surface area contributed by atoms with Crippen LogP contribution in [0.4, 0.5) is 0 Å². The summed E-state index contributed by atoms with van der Waals surface area (Å²) in [7, 11) is 5.74. The second-order valence-electron chi connectivity index (χ2n) is 4.01. The van der Waals surface area contributed by atoms with Crippen LogP contribution in [0.15, 0.2) is 22.7 Å². The van der Waals surface area contributed by atoms with Crippen molar-refractivity contribution in [3.63, 3.8) is 0 Å². The molecule has 4 nitrogen and oxygen atoms in total. The second-order valence-corrected chi connectivity index (χ2v) is 4.01. The van der Waals surface area contributed by atoms with Crippen LogP contribution in [0.3, 0.4) is 0 Å². The summed E-state index contributed by atoms with van der Waals surface area (Å²) in [5.74, 6) is 1.72. The lowest BCUT2D eigenvalue weighted by Gasteiger charge is -2.07. The Morgan fingerprint density at radius 1 is 1.28 bits per heavy atom. The fourth-order valence-electron chi connectivity index (χ4n) is 1.69. The first-order chi connectivity index (χ1) is 8.72. The highest BCUT2D eigenvalue weighted by molar-refractivity contribution is 5.86. The minimum atomic E-state index is 0.826. The van der Waals surface area contributed by atoms with Crippen LogP contribution in [0.2, 0.25) is 0 Å². The summed E-state index contributed by atoms with van der Waals surface area (Å²) in [6.07, 6.45) is 0.837. The largest absolute Gasteiger partial charge is 0.496 e. The van der Waals surface area contributed by atoms with Crippen LogP contribution in [-0.4, -0.2) is 37.8 Å². The van der Waals surface area contributed by atoms with E-state index in [9.17, 15) is 0 Å². The zero-order valence-corrected chi connectivity index (χ0v) is 11.9. The molecule has 0 amide bonds. The number of fused-ring (bicyclic) bond motifs is 1. The minimum Gasteiger partial charge on any atom is -0.496 e. The maximum Gasteiger partial charge on any atom is 0.149 e. The lowest BCUT2D eigenvalue weighted by Crippen LogP contribution is -2.14. The Morgan fingerprint density at radius 2 is 2.00 bits per heavy atom. The molecule has 0 unspecified atom stereocenters. The van der Waals surface area contributed by atoms with Gasteiger partial charge >= 0.3 is 0 Å². The van der Waals surface area contributed by atoms with Gasteiger partial charge in [0.15, 0.2) is 0 Å². The van der Waals surface area contributed by atoms with E-state index in [0.717, 1.165) is 35.4 Å². The zero-order chi connectivity index (χ0) is 13.5. The van der Waals surface area contributed by atoms with Crippen LogP contribution in [0, 0.1) is 0 Å². The van der Waals surface area contributed by atoms with E-state index < -0.39 is 0 Å². The van der Waals surface area contributed by atoms with E-state index in [1.54, 1.807) is 7.11 Å². The van der Waals surface area contributed by atoms with E-state index in [1.165, 1.54) is 0 Å². The van der Waals surface area contributed by atoms with Crippen molar-refractivity contribution in [3.8, 4) is 5.75 Å². The Bertz CT molecular complexity index is 478. The van der Waals surface area contributed by atoms with Crippen LogP contribution in [0.25, 0.3) is 10.9 Å². The van der Waals surface area contributed by atoms with Gasteiger partial charge in [-0.05, 0) is 26.2 Å². The molecule has 0 bridgehead atoms. The molecule has 0 saturated heterocycles. The van der Waals surface area contributed by atoms with E-state index in [4.69, 9.17) is 9.26 Å². The van der Waals surface area contributed by atoms with Gasteiger partial charge in [-0.15, -0.1) is 0 Å². The van der Waals surface area contributed by atoms with Gasteiger partial charge in [-0.3, -0.25) is 0 Å². The molecule has 2 aromatic rings. The molecule has 1 aromatic carbocycles. The monoisotopic (exact) mass is 250 g/mol. The van der Waals surface area contributed by atoms with Gasteiger partial charge in [0.2, 0.25) is 0 Å². The number of benzene rings is 1. The van der Waals surface area contributed by atoms with E-state index in [-0.39, 0.29) is 0 Å². The summed E-state index contributed by atoms with van der Waals surface area (Å²) in [6.45, 7) is 4.93. The molecular formula is C14H22N2O2. The quantitative estimate of drug-likeness (QED) is 0.836. The number of aromatic nitrogens is 1. The topological polar surface area (TPSA) is 38.5 Å². The predicted molar refractivity (Wildman–Crippen MR) is 74.2 cm³/mol. The summed E-state index contributed by atoms with van der Waals surface area (Å²) >= 11 is 0. The van der Waals surface area contributed by atoms with Crippen molar-refractivity contribution in [2.45, 2.75) is 20.3 Å². The molecule has 0 atom stereocenters. The van der Waals surface area contributed by atoms with Gasteiger partial charge in [-0.1, -0.05) is 25.1 Å². The van der Waals surface area contributed by atoms with E-state index in [1.807, 2.05) is 46.1 Å². The van der Waals surface area contributed by atoms with Gasteiger partial charge in [0.05, 0.1) is 12.5 Å². The predicted octanol–water partition coefficient (Wildman–Crippen LogP) is 2.97. The first-order valence-corrected chi connectivity index (χ1v) is 6.28. The van der Waals surface area contributed by atoms with Crippen molar-refractivity contribution < 1.29 is 9.26 Å². The third-order valence-corrected chi connectivity index (χ3v) is 2.54. The summed E-state index contributed by atoms with van der Waals surface area (Å²) in [5.41, 5.74) is 0.855. The van der Waals surface area contributed by atoms with Gasteiger partial charge in [0.1, 0.15) is 17.0 Å². The zero-order valence-electron chi connectivity index (χ0n) is 11.9. The lowest BCUT2D eigenvalue weighted by atomic mass is 10.1. The molecule has 0 N–H and O–H groups in total. The normalized spacial score (nSPS) is 10.3. The number of ether oxygens (including phenoxy) is 1. The SMILES string of the molecule is CC.COc1cccc2noc(CCN(C)C)c12. The van der Waals surface area contributed by atoms with Gasteiger partial charge in [0, 0.05) is 13.0 Å². The molecule has 4 heteroatoms. The van der Waals surface area contributed by atoms with Crippen LogP contribution in [-0.2, 0) is 6.42 Å². The Kier molecular flexibility index (Phi) is 5.65. The lowest BCUT2D eigenvalue weighted by molar-refractivity contribution is 0.353. The van der Waals surface area contributed by atoms with Crippen molar-refractivity contribution in [1.29, 1.82) is 0 Å². The van der Waals surface area contributed by atoms with Gasteiger partial charge in [-0.2, -0.15) is 0 Å². The van der Waals surface area contributed by atoms with Gasteiger partial charge in [0.25, 0.3) is 0 Å². The maximum atomic E-state index is 5.35. The van der Waals surface area contributed by atoms with Crippen molar-refractivity contribution in [2.24, 2.45) is 0 Å². The number of rotatable bonds is 4. The fourth-order valence-corrected chi connectivity index (χ4v) is 1.69. The third kappa shape index (κ3) is 3.23. The van der Waals surface area contributed by atoms with Crippen LogP contribution in [0.1, 0.15) is 19.6 Å². The molecule has 0 aliphatic heterocycles.